The van der Waals surface area contributed by atoms with Crippen molar-refractivity contribution >= 4 is 72.7 Å². The zero-order valence-electron chi connectivity index (χ0n) is 31.2. The van der Waals surface area contributed by atoms with Gasteiger partial charge in [0.25, 0.3) is 0 Å². The molecule has 4 aromatic rings. The number of hydrogen-bond donors (Lipinski definition) is 4. The van der Waals surface area contributed by atoms with Gasteiger partial charge in [-0.25, -0.2) is 14.8 Å². The van der Waals surface area contributed by atoms with Crippen LogP contribution in [0, 0.1) is 17.3 Å². The molecule has 4 N–H and O–H groups in total. The average molecular weight is 835 g/mol. The van der Waals surface area contributed by atoms with Crippen LogP contribution in [-0.2, 0) is 19.2 Å². The highest BCUT2D eigenvalue weighted by molar-refractivity contribution is 9.10. The third-order valence-electron chi connectivity index (χ3n) is 10.6. The average Bonchev–Trinajstić information content (AvgIpc) is 4.04. The number of aliphatic carboxylic acids is 1. The van der Waals surface area contributed by atoms with E-state index in [1.54, 1.807) is 37.7 Å². The van der Waals surface area contributed by atoms with Gasteiger partial charge in [0, 0.05) is 41.6 Å². The Labute approximate surface area is 330 Å². The zero-order valence-corrected chi connectivity index (χ0v) is 33.6. The Hall–Kier alpha value is -4.83. The number of ether oxygens (including phenoxy) is 2. The van der Waals surface area contributed by atoms with Crippen molar-refractivity contribution in [2.75, 3.05) is 24.3 Å². The number of thiazole rings is 1. The van der Waals surface area contributed by atoms with E-state index in [4.69, 9.17) is 14.5 Å². The molecule has 14 nitrogen and oxygen atoms in total. The van der Waals surface area contributed by atoms with E-state index in [2.05, 4.69) is 41.8 Å². The van der Waals surface area contributed by atoms with Gasteiger partial charge < -0.3 is 35.4 Å². The van der Waals surface area contributed by atoms with Crippen LogP contribution >= 0.6 is 27.3 Å². The van der Waals surface area contributed by atoms with Gasteiger partial charge in [-0.1, -0.05) is 34.1 Å². The maximum Gasteiger partial charge on any atom is 0.329 e. The fourth-order valence-corrected chi connectivity index (χ4v) is 8.48. The van der Waals surface area contributed by atoms with E-state index in [-0.39, 0.29) is 36.6 Å². The number of fused-ring (bicyclic) bond motifs is 1. The molecule has 1 aromatic carbocycles. The molecular weight excluding hydrogens is 790 g/mol. The topological polar surface area (TPSA) is 185 Å². The minimum atomic E-state index is -1.37. The molecule has 290 valence electrons. The summed E-state index contributed by atoms with van der Waals surface area (Å²) in [7, 11) is 1.56. The van der Waals surface area contributed by atoms with Crippen molar-refractivity contribution in [1.82, 2.24) is 25.2 Å². The summed E-state index contributed by atoms with van der Waals surface area (Å²) in [6.07, 6.45) is 5.39. The number of carboxylic acid groups (broad SMARTS) is 1. The number of halogens is 1. The summed E-state index contributed by atoms with van der Waals surface area (Å²) >= 11 is 4.95. The SMILES string of the molecule is CC[C@@H]1C[C@]1(NC(=O)[C@@H]1C[C@@H](Oc2cc(-c3csc(NC(=O)C4CC4)n3)nc3c(Br)c(OC)ccc23)CN1C(=O)[C@@H](Nc1cccnc1)C(C)(C)C)C(=O)O. The number of carbonyl (C=O) groups is 4. The van der Waals surface area contributed by atoms with E-state index >= 15 is 0 Å². The van der Waals surface area contributed by atoms with Crippen molar-refractivity contribution in [2.45, 2.75) is 83.5 Å². The van der Waals surface area contributed by atoms with Gasteiger partial charge >= 0.3 is 5.97 Å². The standard InChI is InChI=1S/C39H44BrN7O7S/c1-6-21-16-39(21,36(51)52)46-34(49)27-14-23(18-47(27)35(50)32(38(2,3)4)42-22-8-7-13-41-17-22)54-29-15-25(43-31-24(29)11-12-28(53-5)30(31)40)26-19-55-37(44-26)45-33(48)20-9-10-20/h7-8,11-13,15,17,19-21,23,27,32,42H,6,9-10,14,16,18H2,1-5H3,(H,46,49)(H,51,52)(H,44,45,48)/t21-,23-,27+,32-,39-/m1/s1. The molecule has 0 unspecified atom stereocenters. The van der Waals surface area contributed by atoms with Crippen LogP contribution < -0.4 is 25.4 Å². The van der Waals surface area contributed by atoms with Crippen molar-refractivity contribution in [3.05, 3.63) is 52.6 Å². The van der Waals surface area contributed by atoms with E-state index in [0.717, 1.165) is 12.8 Å². The van der Waals surface area contributed by atoms with Gasteiger partial charge in [-0.2, -0.15) is 0 Å². The molecule has 1 aliphatic heterocycles. The Morgan fingerprint density at radius 2 is 1.89 bits per heavy atom. The number of amides is 3. The number of nitrogens with zero attached hydrogens (tertiary/aromatic N) is 4. The second-order valence-electron chi connectivity index (χ2n) is 15.5. The van der Waals surface area contributed by atoms with Crippen molar-refractivity contribution in [2.24, 2.45) is 17.3 Å². The molecule has 0 radical (unpaired) electrons. The third kappa shape index (κ3) is 7.83. The molecular formula is C39H44BrN7O7S. The van der Waals surface area contributed by atoms with Gasteiger partial charge in [-0.3, -0.25) is 19.4 Å². The van der Waals surface area contributed by atoms with Crippen LogP contribution in [0.25, 0.3) is 22.3 Å². The van der Waals surface area contributed by atoms with Crippen LogP contribution in [0.2, 0.25) is 0 Å². The van der Waals surface area contributed by atoms with Crippen molar-refractivity contribution in [1.29, 1.82) is 0 Å². The predicted octanol–water partition coefficient (Wildman–Crippen LogP) is 6.12. The van der Waals surface area contributed by atoms with Crippen LogP contribution in [-0.4, -0.2) is 86.0 Å². The summed E-state index contributed by atoms with van der Waals surface area (Å²) in [5, 5.41) is 22.1. The third-order valence-corrected chi connectivity index (χ3v) is 12.1. The minimum Gasteiger partial charge on any atom is -0.495 e. The maximum atomic E-state index is 14.7. The molecule has 1 saturated heterocycles. The van der Waals surface area contributed by atoms with Gasteiger partial charge in [-0.15, -0.1) is 11.3 Å². The molecule has 3 fully saturated rings. The lowest BCUT2D eigenvalue weighted by molar-refractivity contribution is -0.146. The minimum absolute atomic E-state index is 0.0233. The highest BCUT2D eigenvalue weighted by Crippen LogP contribution is 2.47. The van der Waals surface area contributed by atoms with Crippen molar-refractivity contribution < 1.29 is 33.8 Å². The molecule has 55 heavy (non-hydrogen) atoms. The first-order valence-corrected chi connectivity index (χ1v) is 20.0. The Morgan fingerprint density at radius 1 is 1.11 bits per heavy atom. The van der Waals surface area contributed by atoms with Gasteiger partial charge in [0.15, 0.2) is 5.13 Å². The molecule has 3 aliphatic rings. The van der Waals surface area contributed by atoms with Crippen molar-refractivity contribution in [3.8, 4) is 22.9 Å². The van der Waals surface area contributed by atoms with Gasteiger partial charge in [-0.05, 0) is 70.8 Å². The number of pyridine rings is 2. The summed E-state index contributed by atoms with van der Waals surface area (Å²) in [5.41, 5.74) is 0.234. The lowest BCUT2D eigenvalue weighted by Crippen LogP contribution is -2.56. The van der Waals surface area contributed by atoms with Gasteiger partial charge in [0.05, 0.1) is 35.0 Å². The number of carbonyl (C=O) groups excluding carboxylic acids is 3. The van der Waals surface area contributed by atoms with Gasteiger partial charge in [0.1, 0.15) is 40.9 Å². The molecule has 16 heteroatoms. The quantitative estimate of drug-likeness (QED) is 0.122. The first-order chi connectivity index (χ1) is 26.2. The summed E-state index contributed by atoms with van der Waals surface area (Å²) in [5.74, 6) is -1.19. The zero-order chi connectivity index (χ0) is 39.2. The van der Waals surface area contributed by atoms with Crippen molar-refractivity contribution in [3.63, 3.8) is 0 Å². The van der Waals surface area contributed by atoms with E-state index in [1.165, 1.54) is 16.2 Å². The molecule has 2 saturated carbocycles. The summed E-state index contributed by atoms with van der Waals surface area (Å²) < 4.78 is 12.9. The Kier molecular flexibility index (Phi) is 10.5. The lowest BCUT2D eigenvalue weighted by Gasteiger charge is -2.36. The number of anilines is 2. The molecule has 3 aromatic heterocycles. The Morgan fingerprint density at radius 3 is 2.53 bits per heavy atom. The molecule has 2 aliphatic carbocycles. The van der Waals surface area contributed by atoms with E-state index < -0.39 is 41.0 Å². The largest absolute Gasteiger partial charge is 0.495 e. The summed E-state index contributed by atoms with van der Waals surface area (Å²) in [6, 6.07) is 7.20. The van der Waals surface area contributed by atoms with Crippen LogP contribution in [0.1, 0.15) is 59.8 Å². The normalized spacial score (nSPS) is 22.5. The smallest absolute Gasteiger partial charge is 0.329 e. The number of nitrogens with one attached hydrogen (secondary N) is 3. The monoisotopic (exact) mass is 833 g/mol. The maximum absolute atomic E-state index is 14.7. The number of aromatic nitrogens is 3. The van der Waals surface area contributed by atoms with Gasteiger partial charge in [0.2, 0.25) is 17.7 Å². The Balaban J connectivity index is 1.23. The molecule has 3 amide bonds. The summed E-state index contributed by atoms with van der Waals surface area (Å²) in [6.45, 7) is 7.76. The first-order valence-electron chi connectivity index (χ1n) is 18.4. The Bertz CT molecular complexity index is 2140. The molecule has 5 atom stereocenters. The molecule has 4 heterocycles. The second-order valence-corrected chi connectivity index (χ2v) is 17.2. The van der Waals surface area contributed by atoms with Crippen LogP contribution in [0.3, 0.4) is 0 Å². The second kappa shape index (κ2) is 15.0. The number of rotatable bonds is 13. The number of methoxy groups -OCH3 is 1. The van der Waals surface area contributed by atoms with E-state index in [0.29, 0.717) is 61.9 Å². The lowest BCUT2D eigenvalue weighted by atomic mass is 9.85. The van der Waals surface area contributed by atoms with E-state index in [1.807, 2.05) is 45.2 Å². The fourth-order valence-electron chi connectivity index (χ4n) is 7.17. The van der Waals surface area contributed by atoms with Crippen LogP contribution in [0.5, 0.6) is 11.5 Å². The first kappa shape index (κ1) is 38.4. The number of hydrogen-bond acceptors (Lipinski definition) is 11. The molecule has 0 spiro atoms. The van der Waals surface area contributed by atoms with Crippen LogP contribution in [0.4, 0.5) is 10.8 Å². The number of carboxylic acids is 1. The number of likely N-dealkylation sites (tertiary alicyclic amines) is 1. The van der Waals surface area contributed by atoms with Crippen LogP contribution in [0.15, 0.2) is 52.6 Å². The predicted molar refractivity (Wildman–Crippen MR) is 211 cm³/mol. The van der Waals surface area contributed by atoms with E-state index in [9.17, 15) is 24.3 Å². The highest BCUT2D eigenvalue weighted by Gasteiger charge is 2.61. The molecule has 7 rings (SSSR count). The highest BCUT2D eigenvalue weighted by atomic mass is 79.9. The fraction of sp³-hybridized carbons (Fsp3) is 0.462. The number of benzene rings is 1. The molecule has 0 bridgehead atoms. The summed E-state index contributed by atoms with van der Waals surface area (Å²) in [4.78, 5) is 69.0.